The van der Waals surface area contributed by atoms with Crippen LogP contribution in [0.4, 0.5) is 13.2 Å². The Balaban J connectivity index is 1.60. The molecule has 0 bridgehead atoms. The van der Waals surface area contributed by atoms with Gasteiger partial charge >= 0.3 is 6.18 Å². The zero-order valence-electron chi connectivity index (χ0n) is 26.7. The Hall–Kier alpha value is -7.84. The summed E-state index contributed by atoms with van der Waals surface area (Å²) in [6.45, 7) is 0. The van der Waals surface area contributed by atoms with Gasteiger partial charge in [0.2, 0.25) is 0 Å². The fourth-order valence-electron chi connectivity index (χ4n) is 7.05. The second kappa shape index (κ2) is 11.6. The van der Waals surface area contributed by atoms with E-state index in [9.17, 15) is 39.5 Å². The minimum Gasteiger partial charge on any atom is -0.308 e. The van der Waals surface area contributed by atoms with Crippen LogP contribution in [-0.4, -0.2) is 9.13 Å². The van der Waals surface area contributed by atoms with Crippen LogP contribution in [0.25, 0.3) is 66.1 Å². The van der Waals surface area contributed by atoms with E-state index in [2.05, 4.69) is 30.3 Å². The minimum absolute atomic E-state index is 0.0784. The van der Waals surface area contributed by atoms with Gasteiger partial charge in [0.05, 0.1) is 91.1 Å². The molecule has 0 fully saturated rings. The second-order valence-electron chi connectivity index (χ2n) is 12.1. The van der Waals surface area contributed by atoms with E-state index < -0.39 is 11.7 Å². The van der Waals surface area contributed by atoms with Crippen LogP contribution < -0.4 is 0 Å². The van der Waals surface area contributed by atoms with Crippen LogP contribution in [0.5, 0.6) is 0 Å². The molecule has 0 N–H and O–H groups in total. The van der Waals surface area contributed by atoms with Crippen LogP contribution in [0.3, 0.4) is 0 Å². The minimum atomic E-state index is -4.76. The Bertz CT molecular complexity index is 2930. The summed E-state index contributed by atoms with van der Waals surface area (Å²) in [6, 6.07) is 39.1. The lowest BCUT2D eigenvalue weighted by molar-refractivity contribution is -0.137. The molecule has 0 radical (unpaired) electrons. The number of benzene rings is 6. The molecule has 0 saturated carbocycles. The molecule has 10 heteroatoms. The van der Waals surface area contributed by atoms with Crippen molar-refractivity contribution in [3.05, 3.63) is 143 Å². The molecule has 0 spiro atoms. The maximum Gasteiger partial charge on any atom is 0.417 e. The van der Waals surface area contributed by atoms with E-state index >= 15 is 0 Å². The molecule has 242 valence electrons. The molecule has 2 aromatic heterocycles. The van der Waals surface area contributed by atoms with Gasteiger partial charge in [-0.1, -0.05) is 42.5 Å². The number of nitrogens with zero attached hydrogens (tertiary/aromatic N) is 7. The highest BCUT2D eigenvalue weighted by atomic mass is 19.4. The highest BCUT2D eigenvalue weighted by Gasteiger charge is 2.35. The monoisotopic (exact) mass is 677 g/mol. The van der Waals surface area contributed by atoms with Crippen LogP contribution >= 0.6 is 0 Å². The van der Waals surface area contributed by atoms with E-state index in [-0.39, 0.29) is 28.1 Å². The van der Waals surface area contributed by atoms with Crippen molar-refractivity contribution in [1.82, 2.24) is 9.13 Å². The molecule has 6 aromatic carbocycles. The Kier molecular flexibility index (Phi) is 7.04. The summed E-state index contributed by atoms with van der Waals surface area (Å²) >= 11 is 0. The number of alkyl halides is 3. The van der Waals surface area contributed by atoms with Crippen LogP contribution in [-0.2, 0) is 6.18 Å². The molecule has 0 aliphatic heterocycles. The average molecular weight is 678 g/mol. The predicted molar refractivity (Wildman–Crippen MR) is 189 cm³/mol. The third kappa shape index (κ3) is 4.71. The van der Waals surface area contributed by atoms with Gasteiger partial charge in [-0.05, 0) is 72.3 Å². The SMILES string of the molecule is N#Cc1ccc2c3ccc(C#N)cc3n(-c3cc(-c4ccccc4C(F)(F)F)c(-n4c5cc(C#N)ccc5c5ccc(C#N)cc54)cc3C#N)c2c1. The Morgan fingerprint density at radius 3 is 1.21 bits per heavy atom. The van der Waals surface area contributed by atoms with Crippen LogP contribution in [0, 0.1) is 56.7 Å². The Labute approximate surface area is 293 Å². The number of aromatic nitrogens is 2. The van der Waals surface area contributed by atoms with Gasteiger partial charge in [0, 0.05) is 27.1 Å². The molecule has 52 heavy (non-hydrogen) atoms. The summed E-state index contributed by atoms with van der Waals surface area (Å²) in [6.07, 6.45) is -4.76. The summed E-state index contributed by atoms with van der Waals surface area (Å²) in [5.74, 6) is 0. The highest BCUT2D eigenvalue weighted by Crippen LogP contribution is 2.44. The van der Waals surface area contributed by atoms with Gasteiger partial charge in [-0.2, -0.15) is 39.5 Å². The van der Waals surface area contributed by atoms with Gasteiger partial charge in [0.15, 0.2) is 0 Å². The first-order chi connectivity index (χ1) is 25.2. The molecule has 0 unspecified atom stereocenters. The first-order valence-corrected chi connectivity index (χ1v) is 15.7. The van der Waals surface area contributed by atoms with Crippen LogP contribution in [0.15, 0.2) is 109 Å². The first kappa shape index (κ1) is 31.4. The van der Waals surface area contributed by atoms with E-state index in [4.69, 9.17) is 0 Å². The molecule has 7 nitrogen and oxygen atoms in total. The van der Waals surface area contributed by atoms with Gasteiger partial charge in [-0.25, -0.2) is 0 Å². The normalized spacial score (nSPS) is 11.3. The van der Waals surface area contributed by atoms with Crippen molar-refractivity contribution in [1.29, 1.82) is 26.3 Å². The van der Waals surface area contributed by atoms with Gasteiger partial charge in [-0.3, -0.25) is 0 Å². The van der Waals surface area contributed by atoms with E-state index in [1.807, 2.05) is 0 Å². The standard InChI is InChI=1S/C42H18F3N7/c43-42(44,45)35-4-2-1-3-29(35)34-18-36(51-37-13-24(19-46)5-9-30(37)31-10-6-25(20-47)14-38(31)51)28(23-50)17-41(34)52-39-15-26(21-48)7-11-32(39)33-12-8-27(22-49)16-40(33)52/h1-18H. The first-order valence-electron chi connectivity index (χ1n) is 15.7. The molecule has 2 heterocycles. The predicted octanol–water partition coefficient (Wildman–Crippen LogP) is 9.92. The Morgan fingerprint density at radius 1 is 0.423 bits per heavy atom. The molecule has 0 aliphatic carbocycles. The summed E-state index contributed by atoms with van der Waals surface area (Å²) in [4.78, 5) is 0. The van der Waals surface area contributed by atoms with Crippen LogP contribution in [0.1, 0.15) is 33.4 Å². The van der Waals surface area contributed by atoms with Crippen molar-refractivity contribution >= 4 is 43.6 Å². The molecule has 0 amide bonds. The molecule has 0 atom stereocenters. The third-order valence-electron chi connectivity index (χ3n) is 9.29. The number of hydrogen-bond acceptors (Lipinski definition) is 5. The number of fused-ring (bicyclic) bond motifs is 6. The molecule has 8 rings (SSSR count). The lowest BCUT2D eigenvalue weighted by Gasteiger charge is -2.21. The summed E-state index contributed by atoms with van der Waals surface area (Å²) in [7, 11) is 0. The summed E-state index contributed by atoms with van der Waals surface area (Å²) in [5.41, 5.74) is 2.77. The number of hydrogen-bond donors (Lipinski definition) is 0. The number of halogens is 3. The maximum atomic E-state index is 14.8. The second-order valence-corrected chi connectivity index (χ2v) is 12.1. The zero-order chi connectivity index (χ0) is 36.3. The fourth-order valence-corrected chi connectivity index (χ4v) is 7.05. The molecular formula is C42H18F3N7. The molecule has 0 saturated heterocycles. The van der Waals surface area contributed by atoms with E-state index in [1.165, 1.54) is 30.3 Å². The van der Waals surface area contributed by atoms with Crippen molar-refractivity contribution in [2.75, 3.05) is 0 Å². The van der Waals surface area contributed by atoms with Gasteiger partial charge in [-0.15, -0.1) is 0 Å². The zero-order valence-corrected chi connectivity index (χ0v) is 26.7. The number of rotatable bonds is 3. The van der Waals surface area contributed by atoms with Crippen LogP contribution in [0.2, 0.25) is 0 Å². The number of nitriles is 5. The summed E-state index contributed by atoms with van der Waals surface area (Å²) in [5, 5.41) is 52.8. The lowest BCUT2D eigenvalue weighted by atomic mass is 9.95. The lowest BCUT2D eigenvalue weighted by Crippen LogP contribution is -2.09. The average Bonchev–Trinajstić information content (AvgIpc) is 3.67. The van der Waals surface area contributed by atoms with E-state index in [0.717, 1.165) is 6.07 Å². The molecule has 8 aromatic rings. The smallest absolute Gasteiger partial charge is 0.308 e. The summed E-state index contributed by atoms with van der Waals surface area (Å²) < 4.78 is 47.8. The largest absolute Gasteiger partial charge is 0.417 e. The quantitative estimate of drug-likeness (QED) is 0.184. The van der Waals surface area contributed by atoms with Gasteiger partial charge in [0.25, 0.3) is 0 Å². The third-order valence-corrected chi connectivity index (χ3v) is 9.29. The maximum absolute atomic E-state index is 14.8. The Morgan fingerprint density at radius 2 is 0.827 bits per heavy atom. The topological polar surface area (TPSA) is 129 Å². The van der Waals surface area contributed by atoms with Crippen molar-refractivity contribution in [2.24, 2.45) is 0 Å². The van der Waals surface area contributed by atoms with Gasteiger partial charge < -0.3 is 9.13 Å². The van der Waals surface area contributed by atoms with Crippen molar-refractivity contribution in [2.45, 2.75) is 6.18 Å². The fraction of sp³-hybridized carbons (Fsp3) is 0.0238. The molecule has 0 aliphatic rings. The highest BCUT2D eigenvalue weighted by molar-refractivity contribution is 6.12. The van der Waals surface area contributed by atoms with Crippen molar-refractivity contribution in [3.63, 3.8) is 0 Å². The van der Waals surface area contributed by atoms with Crippen molar-refractivity contribution in [3.8, 4) is 52.8 Å². The molecular weight excluding hydrogens is 660 g/mol. The van der Waals surface area contributed by atoms with E-state index in [1.54, 1.807) is 81.9 Å². The van der Waals surface area contributed by atoms with Gasteiger partial charge in [0.1, 0.15) is 6.07 Å². The van der Waals surface area contributed by atoms with E-state index in [0.29, 0.717) is 65.9 Å². The van der Waals surface area contributed by atoms with Crippen molar-refractivity contribution < 1.29 is 13.2 Å².